The Kier molecular flexibility index (Phi) is 7.91. The van der Waals surface area contributed by atoms with Crippen LogP contribution in [0.5, 0.6) is 0 Å². The van der Waals surface area contributed by atoms with Crippen LogP contribution in [0.2, 0.25) is 0 Å². The molecule has 1 nitrogen and oxygen atoms in total. The van der Waals surface area contributed by atoms with E-state index in [1.165, 1.54) is 48.8 Å². The molecule has 1 atom stereocenters. The highest BCUT2D eigenvalue weighted by atomic mass is 14.9. The van der Waals surface area contributed by atoms with Crippen molar-refractivity contribution in [1.82, 2.24) is 5.32 Å². The quantitative estimate of drug-likeness (QED) is 0.665. The van der Waals surface area contributed by atoms with Gasteiger partial charge in [0.1, 0.15) is 0 Å². The van der Waals surface area contributed by atoms with Crippen LogP contribution in [0.3, 0.4) is 0 Å². The maximum atomic E-state index is 3.73. The Labute approximate surface area is 126 Å². The maximum Gasteiger partial charge on any atom is 0.0107 e. The number of aryl methyl sites for hydroxylation is 2. The number of hydrogen-bond acceptors (Lipinski definition) is 1. The van der Waals surface area contributed by atoms with Crippen molar-refractivity contribution in [3.8, 4) is 0 Å². The summed E-state index contributed by atoms with van der Waals surface area (Å²) in [5.41, 5.74) is 4.26. The molecular weight excluding hydrogens is 242 g/mol. The summed E-state index contributed by atoms with van der Waals surface area (Å²) in [4.78, 5) is 0. The summed E-state index contributed by atoms with van der Waals surface area (Å²) in [5.74, 6) is 0.822. The molecule has 0 heterocycles. The largest absolute Gasteiger partial charge is 0.314 e. The molecular formula is C19H33N. The van der Waals surface area contributed by atoms with Crippen LogP contribution in [0.1, 0.15) is 63.1 Å². The Morgan fingerprint density at radius 2 is 1.65 bits per heavy atom. The molecule has 1 heteroatoms. The van der Waals surface area contributed by atoms with Gasteiger partial charge < -0.3 is 5.32 Å². The molecule has 1 rings (SSSR count). The Bertz CT molecular complexity index is 361. The minimum absolute atomic E-state index is 0.634. The van der Waals surface area contributed by atoms with Gasteiger partial charge in [-0.2, -0.15) is 0 Å². The first-order valence-corrected chi connectivity index (χ1v) is 8.31. The fraction of sp³-hybridized carbons (Fsp3) is 0.684. The van der Waals surface area contributed by atoms with Gasteiger partial charge >= 0.3 is 0 Å². The molecule has 0 aliphatic heterocycles. The zero-order valence-corrected chi connectivity index (χ0v) is 14.1. The zero-order valence-electron chi connectivity index (χ0n) is 14.1. The lowest BCUT2D eigenvalue weighted by Crippen LogP contribution is -2.32. The van der Waals surface area contributed by atoms with E-state index in [4.69, 9.17) is 0 Å². The van der Waals surface area contributed by atoms with Crippen molar-refractivity contribution in [2.24, 2.45) is 5.92 Å². The summed E-state index contributed by atoms with van der Waals surface area (Å²) in [5, 5.41) is 3.73. The van der Waals surface area contributed by atoms with E-state index in [9.17, 15) is 0 Å². The van der Waals surface area contributed by atoms with Crippen LogP contribution in [-0.2, 0) is 6.42 Å². The first-order valence-electron chi connectivity index (χ1n) is 8.31. The molecule has 20 heavy (non-hydrogen) atoms. The standard InChI is InChI=1S/C19H33N/c1-6-10-20-19(9-7-8-15(2)3)14-18-12-16(4)11-17(5)13-18/h11-13,15,19-20H,6-10,14H2,1-5H3. The number of hydrogen-bond donors (Lipinski definition) is 1. The minimum atomic E-state index is 0.634. The highest BCUT2D eigenvalue weighted by Crippen LogP contribution is 2.15. The molecule has 0 spiro atoms. The molecule has 0 aliphatic rings. The molecule has 1 aromatic rings. The molecule has 0 amide bonds. The van der Waals surface area contributed by atoms with Crippen LogP contribution in [0.4, 0.5) is 0 Å². The summed E-state index contributed by atoms with van der Waals surface area (Å²) in [6.45, 7) is 12.4. The van der Waals surface area contributed by atoms with Crippen molar-refractivity contribution in [3.63, 3.8) is 0 Å². The third kappa shape index (κ3) is 7.09. The molecule has 0 saturated carbocycles. The van der Waals surface area contributed by atoms with Gasteiger partial charge in [0.15, 0.2) is 0 Å². The number of benzene rings is 1. The van der Waals surface area contributed by atoms with E-state index in [1.807, 2.05) is 0 Å². The van der Waals surface area contributed by atoms with Gasteiger partial charge in [0, 0.05) is 6.04 Å². The molecule has 1 N–H and O–H groups in total. The topological polar surface area (TPSA) is 12.0 Å². The van der Waals surface area contributed by atoms with Crippen molar-refractivity contribution in [3.05, 3.63) is 34.9 Å². The van der Waals surface area contributed by atoms with Gasteiger partial charge in [0.2, 0.25) is 0 Å². The summed E-state index contributed by atoms with van der Waals surface area (Å²) in [7, 11) is 0. The van der Waals surface area contributed by atoms with Crippen molar-refractivity contribution < 1.29 is 0 Å². The summed E-state index contributed by atoms with van der Waals surface area (Å²) < 4.78 is 0. The molecule has 1 unspecified atom stereocenters. The van der Waals surface area contributed by atoms with E-state index in [-0.39, 0.29) is 0 Å². The summed E-state index contributed by atoms with van der Waals surface area (Å²) in [6, 6.07) is 7.58. The summed E-state index contributed by atoms with van der Waals surface area (Å²) in [6.07, 6.45) is 6.36. The fourth-order valence-electron chi connectivity index (χ4n) is 2.87. The second kappa shape index (κ2) is 9.18. The van der Waals surface area contributed by atoms with E-state index in [0.717, 1.165) is 12.5 Å². The molecule has 0 aromatic heterocycles. The Morgan fingerprint density at radius 3 is 2.20 bits per heavy atom. The van der Waals surface area contributed by atoms with Crippen molar-refractivity contribution in [2.45, 2.75) is 72.8 Å². The van der Waals surface area contributed by atoms with Gasteiger partial charge in [-0.15, -0.1) is 0 Å². The lowest BCUT2D eigenvalue weighted by Gasteiger charge is -2.20. The van der Waals surface area contributed by atoms with Crippen molar-refractivity contribution >= 4 is 0 Å². The molecule has 0 saturated heterocycles. The Morgan fingerprint density at radius 1 is 1.00 bits per heavy atom. The normalized spacial score (nSPS) is 12.9. The molecule has 114 valence electrons. The number of rotatable bonds is 9. The smallest absolute Gasteiger partial charge is 0.0107 e. The van der Waals surface area contributed by atoms with Crippen LogP contribution in [0.25, 0.3) is 0 Å². The molecule has 0 bridgehead atoms. The van der Waals surface area contributed by atoms with E-state index in [2.05, 4.69) is 58.1 Å². The van der Waals surface area contributed by atoms with E-state index >= 15 is 0 Å². The Balaban J connectivity index is 2.57. The molecule has 0 fully saturated rings. The van der Waals surface area contributed by atoms with Crippen LogP contribution in [0.15, 0.2) is 18.2 Å². The second-order valence-corrected chi connectivity index (χ2v) is 6.68. The van der Waals surface area contributed by atoms with Gasteiger partial charge in [0.05, 0.1) is 0 Å². The monoisotopic (exact) mass is 275 g/mol. The van der Waals surface area contributed by atoms with Crippen LogP contribution >= 0.6 is 0 Å². The summed E-state index contributed by atoms with van der Waals surface area (Å²) >= 11 is 0. The van der Waals surface area contributed by atoms with Crippen LogP contribution in [0, 0.1) is 19.8 Å². The molecule has 1 aromatic carbocycles. The lowest BCUT2D eigenvalue weighted by atomic mass is 9.96. The van der Waals surface area contributed by atoms with Gasteiger partial charge in [0.25, 0.3) is 0 Å². The predicted octanol–water partition coefficient (Wildman–Crippen LogP) is 5.04. The lowest BCUT2D eigenvalue weighted by molar-refractivity contribution is 0.434. The molecule has 0 aliphatic carbocycles. The predicted molar refractivity (Wildman–Crippen MR) is 90.4 cm³/mol. The maximum absolute atomic E-state index is 3.73. The Hall–Kier alpha value is -0.820. The second-order valence-electron chi connectivity index (χ2n) is 6.68. The third-order valence-corrected chi connectivity index (χ3v) is 3.78. The average molecular weight is 275 g/mol. The van der Waals surface area contributed by atoms with Gasteiger partial charge in [-0.1, -0.05) is 62.9 Å². The van der Waals surface area contributed by atoms with Gasteiger partial charge in [-0.3, -0.25) is 0 Å². The SMILES string of the molecule is CCCNC(CCCC(C)C)Cc1cc(C)cc(C)c1. The van der Waals surface area contributed by atoms with Gasteiger partial charge in [-0.25, -0.2) is 0 Å². The highest BCUT2D eigenvalue weighted by molar-refractivity contribution is 5.29. The molecule has 0 radical (unpaired) electrons. The number of nitrogens with one attached hydrogen (secondary N) is 1. The minimum Gasteiger partial charge on any atom is -0.314 e. The first-order chi connectivity index (χ1) is 9.51. The van der Waals surface area contributed by atoms with Crippen molar-refractivity contribution in [2.75, 3.05) is 6.54 Å². The fourth-order valence-corrected chi connectivity index (χ4v) is 2.87. The van der Waals surface area contributed by atoms with E-state index in [1.54, 1.807) is 0 Å². The first kappa shape index (κ1) is 17.2. The van der Waals surface area contributed by atoms with E-state index < -0.39 is 0 Å². The van der Waals surface area contributed by atoms with Crippen LogP contribution in [-0.4, -0.2) is 12.6 Å². The average Bonchev–Trinajstić information content (AvgIpc) is 2.34. The van der Waals surface area contributed by atoms with Crippen molar-refractivity contribution in [1.29, 1.82) is 0 Å². The highest BCUT2D eigenvalue weighted by Gasteiger charge is 2.10. The zero-order chi connectivity index (χ0) is 15.0. The van der Waals surface area contributed by atoms with E-state index in [0.29, 0.717) is 6.04 Å². The third-order valence-electron chi connectivity index (χ3n) is 3.78. The van der Waals surface area contributed by atoms with Gasteiger partial charge in [-0.05, 0) is 51.1 Å². The van der Waals surface area contributed by atoms with Crippen LogP contribution < -0.4 is 5.32 Å².